The Labute approximate surface area is 125 Å². The summed E-state index contributed by atoms with van der Waals surface area (Å²) in [5, 5.41) is 0.353. The van der Waals surface area contributed by atoms with Crippen molar-refractivity contribution in [2.24, 2.45) is 5.73 Å². The first-order valence-corrected chi connectivity index (χ1v) is 6.97. The molecule has 21 heavy (non-hydrogen) atoms. The van der Waals surface area contributed by atoms with Gasteiger partial charge in [0, 0.05) is 23.2 Å². The number of rotatable bonds is 1. The Kier molecular flexibility index (Phi) is 4.49. The van der Waals surface area contributed by atoms with Crippen molar-refractivity contribution in [1.29, 1.82) is 0 Å². The predicted molar refractivity (Wildman–Crippen MR) is 74.3 cm³/mol. The first-order chi connectivity index (χ1) is 9.70. The Balaban J connectivity index is 2.31. The third-order valence-corrected chi connectivity index (χ3v) is 4.08. The van der Waals surface area contributed by atoms with Crippen molar-refractivity contribution in [3.63, 3.8) is 0 Å². The normalized spacial score (nSPS) is 23.2. The molecule has 0 radical (unpaired) electrons. The lowest BCUT2D eigenvalue weighted by Crippen LogP contribution is -2.56. The molecule has 1 saturated heterocycles. The zero-order valence-electron chi connectivity index (χ0n) is 11.5. The minimum Gasteiger partial charge on any atom is -0.326 e. The van der Waals surface area contributed by atoms with Crippen molar-refractivity contribution in [3.05, 3.63) is 34.3 Å². The molecule has 1 heterocycles. The summed E-state index contributed by atoms with van der Waals surface area (Å²) in [6.07, 6.45) is -4.37. The largest absolute Gasteiger partial charge is 0.408 e. The van der Waals surface area contributed by atoms with E-state index in [2.05, 4.69) is 0 Å². The van der Waals surface area contributed by atoms with Crippen LogP contribution in [0.3, 0.4) is 0 Å². The summed E-state index contributed by atoms with van der Waals surface area (Å²) in [6, 6.07) is 2.27. The fraction of sp³-hybridized carbons (Fsp3) is 0.500. The number of hydrogen-bond donors (Lipinski definition) is 1. The monoisotopic (exact) mass is 320 g/mol. The maximum atomic E-state index is 13.1. The molecular formula is C14H16ClF3N2O. The summed E-state index contributed by atoms with van der Waals surface area (Å²) < 4.78 is 39.2. The third kappa shape index (κ3) is 3.49. The molecule has 0 aliphatic carbocycles. The van der Waals surface area contributed by atoms with E-state index < -0.39 is 24.2 Å². The SMILES string of the molecule is Cc1ccc(C(=O)N2C[C@H](N)CC[C@@H]2C(F)(F)F)cc1Cl. The van der Waals surface area contributed by atoms with E-state index in [1.54, 1.807) is 13.0 Å². The van der Waals surface area contributed by atoms with Crippen molar-refractivity contribution in [2.75, 3.05) is 6.54 Å². The van der Waals surface area contributed by atoms with Gasteiger partial charge in [0.2, 0.25) is 0 Å². The predicted octanol–water partition coefficient (Wildman–Crippen LogP) is 3.14. The molecule has 1 amide bonds. The molecule has 2 atom stereocenters. The minimum absolute atomic E-state index is 0.103. The van der Waals surface area contributed by atoms with Crippen LogP contribution in [0.1, 0.15) is 28.8 Å². The highest BCUT2D eigenvalue weighted by molar-refractivity contribution is 6.31. The van der Waals surface area contributed by atoms with Gasteiger partial charge in [0.15, 0.2) is 0 Å². The topological polar surface area (TPSA) is 46.3 Å². The number of nitrogens with two attached hydrogens (primary N) is 1. The summed E-state index contributed by atoms with van der Waals surface area (Å²) in [5.41, 5.74) is 6.62. The van der Waals surface area contributed by atoms with Gasteiger partial charge in [-0.05, 0) is 37.5 Å². The van der Waals surface area contributed by atoms with E-state index in [1.807, 2.05) is 0 Å². The van der Waals surface area contributed by atoms with Crippen molar-refractivity contribution >= 4 is 17.5 Å². The molecule has 2 N–H and O–H groups in total. The summed E-state index contributed by atoms with van der Waals surface area (Å²) >= 11 is 5.93. The summed E-state index contributed by atoms with van der Waals surface area (Å²) in [4.78, 5) is 13.2. The molecular weight excluding hydrogens is 305 g/mol. The Morgan fingerprint density at radius 2 is 2.05 bits per heavy atom. The zero-order chi connectivity index (χ0) is 15.8. The van der Waals surface area contributed by atoms with Crippen LogP contribution in [-0.2, 0) is 0 Å². The Bertz CT molecular complexity index is 548. The number of aryl methyl sites for hydroxylation is 1. The van der Waals surface area contributed by atoms with Gasteiger partial charge in [-0.15, -0.1) is 0 Å². The molecule has 0 saturated carbocycles. The summed E-state index contributed by atoms with van der Waals surface area (Å²) in [5.74, 6) is -0.686. The number of hydrogen-bond acceptors (Lipinski definition) is 2. The highest BCUT2D eigenvalue weighted by Gasteiger charge is 2.47. The van der Waals surface area contributed by atoms with Gasteiger partial charge in [-0.3, -0.25) is 4.79 Å². The first kappa shape index (κ1) is 16.1. The van der Waals surface area contributed by atoms with E-state index in [-0.39, 0.29) is 24.9 Å². The van der Waals surface area contributed by atoms with E-state index in [1.165, 1.54) is 12.1 Å². The Morgan fingerprint density at radius 3 is 2.62 bits per heavy atom. The van der Waals surface area contributed by atoms with E-state index in [0.29, 0.717) is 5.02 Å². The molecule has 0 aromatic heterocycles. The fourth-order valence-corrected chi connectivity index (χ4v) is 2.64. The number of amides is 1. The van der Waals surface area contributed by atoms with E-state index in [0.717, 1.165) is 10.5 Å². The van der Waals surface area contributed by atoms with Gasteiger partial charge in [-0.2, -0.15) is 13.2 Å². The van der Waals surface area contributed by atoms with E-state index in [9.17, 15) is 18.0 Å². The average molecular weight is 321 g/mol. The fourth-order valence-electron chi connectivity index (χ4n) is 2.46. The second-order valence-corrected chi connectivity index (χ2v) is 5.72. The molecule has 3 nitrogen and oxygen atoms in total. The number of alkyl halides is 3. The number of likely N-dealkylation sites (tertiary alicyclic amines) is 1. The van der Waals surface area contributed by atoms with Gasteiger partial charge >= 0.3 is 6.18 Å². The van der Waals surface area contributed by atoms with Crippen molar-refractivity contribution in [3.8, 4) is 0 Å². The van der Waals surface area contributed by atoms with Crippen LogP contribution in [-0.4, -0.2) is 35.6 Å². The van der Waals surface area contributed by atoms with Crippen LogP contribution in [0.15, 0.2) is 18.2 Å². The second-order valence-electron chi connectivity index (χ2n) is 5.32. The number of carbonyl (C=O) groups excluding carboxylic acids is 1. The molecule has 7 heteroatoms. The lowest BCUT2D eigenvalue weighted by Gasteiger charge is -2.39. The van der Waals surface area contributed by atoms with Gasteiger partial charge in [-0.1, -0.05) is 17.7 Å². The van der Waals surface area contributed by atoms with Gasteiger partial charge in [0.05, 0.1) is 0 Å². The van der Waals surface area contributed by atoms with Gasteiger partial charge in [0.1, 0.15) is 6.04 Å². The number of nitrogens with zero attached hydrogens (tertiary/aromatic N) is 1. The molecule has 1 aliphatic heterocycles. The van der Waals surface area contributed by atoms with Crippen LogP contribution >= 0.6 is 11.6 Å². The molecule has 2 rings (SSSR count). The molecule has 1 aromatic carbocycles. The minimum atomic E-state index is -4.45. The molecule has 1 aromatic rings. The highest BCUT2D eigenvalue weighted by atomic mass is 35.5. The van der Waals surface area contributed by atoms with Gasteiger partial charge in [-0.25, -0.2) is 0 Å². The smallest absolute Gasteiger partial charge is 0.326 e. The Morgan fingerprint density at radius 1 is 1.38 bits per heavy atom. The summed E-state index contributed by atoms with van der Waals surface area (Å²) in [7, 11) is 0. The molecule has 0 spiro atoms. The maximum Gasteiger partial charge on any atom is 0.408 e. The standard InChI is InChI=1S/C14H16ClF3N2O/c1-8-2-3-9(6-11(8)15)13(21)20-7-10(19)4-5-12(20)14(16,17)18/h2-3,6,10,12H,4-5,7,19H2,1H3/t10-,12-/m1/s1. The van der Waals surface area contributed by atoms with Crippen LogP contribution in [0.5, 0.6) is 0 Å². The Hall–Kier alpha value is -1.27. The quantitative estimate of drug-likeness (QED) is 0.864. The molecule has 1 fully saturated rings. The van der Waals surface area contributed by atoms with Crippen molar-refractivity contribution < 1.29 is 18.0 Å². The van der Waals surface area contributed by atoms with Crippen LogP contribution < -0.4 is 5.73 Å². The third-order valence-electron chi connectivity index (χ3n) is 3.68. The molecule has 0 bridgehead atoms. The lowest BCUT2D eigenvalue weighted by molar-refractivity contribution is -0.184. The molecule has 0 unspecified atom stereocenters. The van der Waals surface area contributed by atoms with Gasteiger partial charge in [0.25, 0.3) is 5.91 Å². The summed E-state index contributed by atoms with van der Waals surface area (Å²) in [6.45, 7) is 1.65. The number of benzene rings is 1. The molecule has 1 aliphatic rings. The number of carbonyl (C=O) groups is 1. The van der Waals surface area contributed by atoms with Crippen LogP contribution in [0, 0.1) is 6.92 Å². The van der Waals surface area contributed by atoms with Gasteiger partial charge < -0.3 is 10.6 Å². The zero-order valence-corrected chi connectivity index (χ0v) is 12.2. The first-order valence-electron chi connectivity index (χ1n) is 6.59. The van der Waals surface area contributed by atoms with E-state index in [4.69, 9.17) is 17.3 Å². The van der Waals surface area contributed by atoms with Crippen molar-refractivity contribution in [2.45, 2.75) is 38.0 Å². The average Bonchev–Trinajstić information content (AvgIpc) is 2.39. The number of halogens is 4. The highest BCUT2D eigenvalue weighted by Crippen LogP contribution is 2.32. The lowest BCUT2D eigenvalue weighted by atomic mass is 9.97. The van der Waals surface area contributed by atoms with Crippen LogP contribution in [0.25, 0.3) is 0 Å². The second kappa shape index (κ2) is 5.85. The van der Waals surface area contributed by atoms with Crippen LogP contribution in [0.2, 0.25) is 5.02 Å². The number of piperidine rings is 1. The molecule has 116 valence electrons. The van der Waals surface area contributed by atoms with E-state index >= 15 is 0 Å². The van der Waals surface area contributed by atoms with Crippen molar-refractivity contribution in [1.82, 2.24) is 4.90 Å². The van der Waals surface area contributed by atoms with Crippen LogP contribution in [0.4, 0.5) is 13.2 Å². The maximum absolute atomic E-state index is 13.1.